The van der Waals surface area contributed by atoms with Gasteiger partial charge < -0.3 is 9.15 Å². The van der Waals surface area contributed by atoms with Gasteiger partial charge in [0.05, 0.1) is 18.0 Å². The van der Waals surface area contributed by atoms with Gasteiger partial charge in [0.2, 0.25) is 0 Å². The molecule has 0 saturated carbocycles. The van der Waals surface area contributed by atoms with Crippen LogP contribution in [-0.4, -0.2) is 22.1 Å². The Morgan fingerprint density at radius 1 is 1.19 bits per heavy atom. The molecule has 5 nitrogen and oxygen atoms in total. The molecule has 0 fully saturated rings. The minimum atomic E-state index is -0.124. The fraction of sp³-hybridized carbons (Fsp3) is 0.533. The average Bonchev–Trinajstić information content (AvgIpc) is 2.67. The van der Waals surface area contributed by atoms with Gasteiger partial charge in [0.15, 0.2) is 0 Å². The van der Waals surface area contributed by atoms with Crippen LogP contribution in [0.4, 0.5) is 0 Å². The zero-order valence-electron chi connectivity index (χ0n) is 13.4. The predicted molar refractivity (Wildman–Crippen MR) is 81.5 cm³/mol. The third-order valence-corrected chi connectivity index (χ3v) is 3.69. The second kappa shape index (κ2) is 6.15. The molecule has 114 valence electrons. The van der Waals surface area contributed by atoms with Crippen molar-refractivity contribution in [2.45, 2.75) is 56.9 Å². The van der Waals surface area contributed by atoms with Crippen LogP contribution in [0, 0.1) is 13.8 Å². The molecule has 2 aromatic rings. The first kappa shape index (κ1) is 16.0. The van der Waals surface area contributed by atoms with E-state index in [0.717, 1.165) is 28.0 Å². The molecular formula is C15H21N3O2S. The van der Waals surface area contributed by atoms with Crippen molar-refractivity contribution in [1.29, 1.82) is 0 Å². The summed E-state index contributed by atoms with van der Waals surface area (Å²) in [5.74, 6) is 1.62. The summed E-state index contributed by atoms with van der Waals surface area (Å²) in [6.07, 6.45) is 0. The summed E-state index contributed by atoms with van der Waals surface area (Å²) in [5.41, 5.74) is 1.64. The number of nitrogens with zero attached hydrogens (tertiary/aromatic N) is 3. The largest absolute Gasteiger partial charge is 0.436 e. The fourth-order valence-corrected chi connectivity index (χ4v) is 2.51. The fourth-order valence-electron chi connectivity index (χ4n) is 1.66. The summed E-state index contributed by atoms with van der Waals surface area (Å²) in [6, 6.07) is 1.91. The Kier molecular flexibility index (Phi) is 4.68. The van der Waals surface area contributed by atoms with Gasteiger partial charge in [0.1, 0.15) is 16.6 Å². The van der Waals surface area contributed by atoms with E-state index in [-0.39, 0.29) is 5.41 Å². The first-order valence-electron chi connectivity index (χ1n) is 6.79. The number of ether oxygens (including phenoxy) is 1. The SMILES string of the molecule is COCc1cc(Sc2nc(C)c(C)o2)nc(C(C)(C)C)n1. The molecule has 0 unspecified atom stereocenters. The molecule has 0 spiro atoms. The van der Waals surface area contributed by atoms with Crippen molar-refractivity contribution < 1.29 is 9.15 Å². The van der Waals surface area contributed by atoms with E-state index in [4.69, 9.17) is 9.15 Å². The normalized spacial score (nSPS) is 11.9. The van der Waals surface area contributed by atoms with E-state index in [0.29, 0.717) is 11.8 Å². The third-order valence-electron chi connectivity index (χ3n) is 2.92. The number of hydrogen-bond acceptors (Lipinski definition) is 6. The minimum absolute atomic E-state index is 0.124. The molecule has 2 aromatic heterocycles. The van der Waals surface area contributed by atoms with Gasteiger partial charge in [-0.1, -0.05) is 20.8 Å². The Morgan fingerprint density at radius 2 is 1.90 bits per heavy atom. The maximum atomic E-state index is 5.60. The highest BCUT2D eigenvalue weighted by atomic mass is 32.2. The number of methoxy groups -OCH3 is 1. The van der Waals surface area contributed by atoms with Crippen LogP contribution in [0.2, 0.25) is 0 Å². The molecule has 0 bridgehead atoms. The van der Waals surface area contributed by atoms with Crippen LogP contribution in [0.15, 0.2) is 20.7 Å². The van der Waals surface area contributed by atoms with Crippen LogP contribution in [0.5, 0.6) is 0 Å². The van der Waals surface area contributed by atoms with Gasteiger partial charge in [0, 0.05) is 12.5 Å². The number of oxazole rings is 1. The Hall–Kier alpha value is -1.40. The molecule has 6 heteroatoms. The van der Waals surface area contributed by atoms with Crippen LogP contribution >= 0.6 is 11.8 Å². The molecule has 0 amide bonds. The average molecular weight is 307 g/mol. The first-order chi connectivity index (χ1) is 9.79. The van der Waals surface area contributed by atoms with Gasteiger partial charge in [-0.3, -0.25) is 0 Å². The van der Waals surface area contributed by atoms with E-state index in [1.807, 2.05) is 19.9 Å². The summed E-state index contributed by atoms with van der Waals surface area (Å²) in [4.78, 5) is 13.6. The molecule has 0 aromatic carbocycles. The quantitative estimate of drug-likeness (QED) is 0.803. The van der Waals surface area contributed by atoms with E-state index in [9.17, 15) is 0 Å². The maximum absolute atomic E-state index is 5.60. The van der Waals surface area contributed by atoms with Crippen LogP contribution in [0.1, 0.15) is 43.7 Å². The molecule has 0 atom stereocenters. The van der Waals surface area contributed by atoms with Crippen molar-refractivity contribution in [3.8, 4) is 0 Å². The minimum Gasteiger partial charge on any atom is -0.436 e. The summed E-state index contributed by atoms with van der Waals surface area (Å²) >= 11 is 1.41. The molecule has 0 aliphatic rings. The molecule has 0 saturated heterocycles. The van der Waals surface area contributed by atoms with Crippen molar-refractivity contribution in [1.82, 2.24) is 15.0 Å². The van der Waals surface area contributed by atoms with E-state index in [2.05, 4.69) is 35.7 Å². The highest BCUT2D eigenvalue weighted by Crippen LogP contribution is 2.29. The van der Waals surface area contributed by atoms with Gasteiger partial charge >= 0.3 is 0 Å². The lowest BCUT2D eigenvalue weighted by atomic mass is 9.96. The molecule has 2 heterocycles. The van der Waals surface area contributed by atoms with Crippen LogP contribution in [0.25, 0.3) is 0 Å². The molecule has 0 radical (unpaired) electrons. The van der Waals surface area contributed by atoms with E-state index in [1.54, 1.807) is 7.11 Å². The van der Waals surface area contributed by atoms with Crippen molar-refractivity contribution >= 4 is 11.8 Å². The van der Waals surface area contributed by atoms with Crippen LogP contribution in [0.3, 0.4) is 0 Å². The van der Waals surface area contributed by atoms with Crippen molar-refractivity contribution in [2.24, 2.45) is 0 Å². The Bertz CT molecular complexity index is 613. The van der Waals surface area contributed by atoms with Gasteiger partial charge in [-0.25, -0.2) is 15.0 Å². The second-order valence-electron chi connectivity index (χ2n) is 5.93. The molecule has 0 N–H and O–H groups in total. The number of aromatic nitrogens is 3. The third kappa shape index (κ3) is 4.04. The monoisotopic (exact) mass is 307 g/mol. The molecule has 0 aliphatic heterocycles. The topological polar surface area (TPSA) is 61.0 Å². The molecule has 21 heavy (non-hydrogen) atoms. The zero-order valence-corrected chi connectivity index (χ0v) is 14.2. The smallest absolute Gasteiger partial charge is 0.262 e. The highest BCUT2D eigenvalue weighted by molar-refractivity contribution is 7.99. The van der Waals surface area contributed by atoms with E-state index in [1.165, 1.54) is 11.8 Å². The predicted octanol–water partition coefficient (Wildman–Crippen LogP) is 3.68. The zero-order chi connectivity index (χ0) is 15.6. The standard InChI is InChI=1S/C15H21N3O2S/c1-9-10(2)20-14(16-9)21-12-7-11(8-19-6)17-13(18-12)15(3,4)5/h7H,8H2,1-6H3. The van der Waals surface area contributed by atoms with Gasteiger partial charge in [-0.2, -0.15) is 0 Å². The van der Waals surface area contributed by atoms with Crippen molar-refractivity contribution in [2.75, 3.05) is 7.11 Å². The Balaban J connectivity index is 2.35. The molecular weight excluding hydrogens is 286 g/mol. The summed E-state index contributed by atoms with van der Waals surface area (Å²) < 4.78 is 10.8. The van der Waals surface area contributed by atoms with E-state index < -0.39 is 0 Å². The lowest BCUT2D eigenvalue weighted by molar-refractivity contribution is 0.180. The maximum Gasteiger partial charge on any atom is 0.262 e. The molecule has 2 rings (SSSR count). The van der Waals surface area contributed by atoms with Crippen molar-refractivity contribution in [3.05, 3.63) is 29.0 Å². The number of aryl methyl sites for hydroxylation is 2. The van der Waals surface area contributed by atoms with E-state index >= 15 is 0 Å². The Labute approximate surface area is 129 Å². The lowest BCUT2D eigenvalue weighted by Gasteiger charge is -2.18. The number of rotatable bonds is 4. The van der Waals surface area contributed by atoms with Gasteiger partial charge in [-0.15, -0.1) is 0 Å². The van der Waals surface area contributed by atoms with Gasteiger partial charge in [-0.05, 0) is 31.7 Å². The highest BCUT2D eigenvalue weighted by Gasteiger charge is 2.20. The molecule has 0 aliphatic carbocycles. The first-order valence-corrected chi connectivity index (χ1v) is 7.60. The lowest BCUT2D eigenvalue weighted by Crippen LogP contribution is -2.17. The Morgan fingerprint density at radius 3 is 2.43 bits per heavy atom. The van der Waals surface area contributed by atoms with Crippen LogP contribution in [-0.2, 0) is 16.8 Å². The number of hydrogen-bond donors (Lipinski definition) is 0. The summed E-state index contributed by atoms with van der Waals surface area (Å²) in [7, 11) is 1.66. The van der Waals surface area contributed by atoms with Crippen molar-refractivity contribution in [3.63, 3.8) is 0 Å². The summed E-state index contributed by atoms with van der Waals surface area (Å²) in [6.45, 7) is 10.6. The van der Waals surface area contributed by atoms with Crippen LogP contribution < -0.4 is 0 Å². The second-order valence-corrected chi connectivity index (χ2v) is 6.90. The van der Waals surface area contributed by atoms with Gasteiger partial charge in [0.25, 0.3) is 5.22 Å². The summed E-state index contributed by atoms with van der Waals surface area (Å²) in [5, 5.41) is 1.43.